The summed E-state index contributed by atoms with van der Waals surface area (Å²) in [6.45, 7) is 2.78. The third kappa shape index (κ3) is 2.38. The molecular weight excluding hydrogens is 318 g/mol. The van der Waals surface area contributed by atoms with Gasteiger partial charge in [0.05, 0.1) is 21.6 Å². The Balaban J connectivity index is 1.77. The third-order valence-electron chi connectivity index (χ3n) is 4.26. The highest BCUT2D eigenvalue weighted by Gasteiger charge is 2.38. The van der Waals surface area contributed by atoms with E-state index >= 15 is 0 Å². The highest BCUT2D eigenvalue weighted by molar-refractivity contribution is 7.09. The molecule has 4 nitrogen and oxygen atoms in total. The summed E-state index contributed by atoms with van der Waals surface area (Å²) in [5, 5.41) is 4.09. The van der Waals surface area contributed by atoms with Crippen molar-refractivity contribution in [1.82, 2.24) is 9.88 Å². The van der Waals surface area contributed by atoms with Crippen molar-refractivity contribution in [2.24, 2.45) is 5.92 Å². The van der Waals surface area contributed by atoms with Crippen LogP contribution in [0.25, 0.3) is 0 Å². The molecule has 0 saturated heterocycles. The molecule has 2 aliphatic rings. The molecule has 1 atom stereocenters. The third-order valence-corrected chi connectivity index (χ3v) is 5.48. The number of aryl methyl sites for hydroxylation is 1. The zero-order valence-corrected chi connectivity index (χ0v) is 13.7. The summed E-state index contributed by atoms with van der Waals surface area (Å²) in [5.74, 6) is 0.683. The Morgan fingerprint density at radius 1 is 1.45 bits per heavy atom. The molecule has 1 aromatic heterocycles. The molecule has 0 spiro atoms. The molecule has 0 radical (unpaired) electrons. The van der Waals surface area contributed by atoms with E-state index in [1.54, 1.807) is 17.4 Å². The zero-order chi connectivity index (χ0) is 15.3. The topological polar surface area (TPSA) is 45.2 Å². The van der Waals surface area contributed by atoms with Gasteiger partial charge in [0.2, 0.25) is 0 Å². The molecule has 0 unspecified atom stereocenters. The molecule has 6 heteroatoms. The molecule has 2 aromatic rings. The van der Waals surface area contributed by atoms with Gasteiger partial charge in [0, 0.05) is 17.3 Å². The van der Waals surface area contributed by atoms with Crippen LogP contribution in [0.3, 0.4) is 0 Å². The lowest BCUT2D eigenvalue weighted by Crippen LogP contribution is -2.44. The molecule has 1 fully saturated rings. The number of nitrogens with one attached hydrogen (secondary N) is 1. The summed E-state index contributed by atoms with van der Waals surface area (Å²) < 4.78 is 0. The summed E-state index contributed by atoms with van der Waals surface area (Å²) in [6, 6.07) is 5.45. The van der Waals surface area contributed by atoms with Crippen molar-refractivity contribution in [3.05, 3.63) is 44.9 Å². The number of hydrogen-bond donors (Lipinski definition) is 1. The Morgan fingerprint density at radius 3 is 2.95 bits per heavy atom. The summed E-state index contributed by atoms with van der Waals surface area (Å²) >= 11 is 7.66. The van der Waals surface area contributed by atoms with Crippen LogP contribution in [0.2, 0.25) is 5.02 Å². The molecule has 1 amide bonds. The number of amides is 1. The number of anilines is 1. The van der Waals surface area contributed by atoms with Gasteiger partial charge < -0.3 is 10.2 Å². The number of carbonyl (C=O) groups is 1. The number of benzene rings is 1. The van der Waals surface area contributed by atoms with Crippen molar-refractivity contribution in [3.63, 3.8) is 0 Å². The monoisotopic (exact) mass is 333 g/mol. The van der Waals surface area contributed by atoms with Crippen LogP contribution >= 0.6 is 22.9 Å². The Morgan fingerprint density at radius 2 is 2.27 bits per heavy atom. The second-order valence-corrected chi connectivity index (χ2v) is 7.26. The highest BCUT2D eigenvalue weighted by atomic mass is 35.5. The second-order valence-electron chi connectivity index (χ2n) is 5.94. The number of fused-ring (bicyclic) bond motifs is 1. The number of carbonyl (C=O) groups excluding carboxylic acids is 1. The van der Waals surface area contributed by atoms with Gasteiger partial charge in [0.15, 0.2) is 0 Å². The van der Waals surface area contributed by atoms with Crippen LogP contribution in [0.5, 0.6) is 0 Å². The molecule has 114 valence electrons. The number of hydrogen-bond acceptors (Lipinski definition) is 4. The van der Waals surface area contributed by atoms with Gasteiger partial charge in [-0.3, -0.25) is 4.79 Å². The fraction of sp³-hybridized carbons (Fsp3) is 0.375. The Labute approximate surface area is 138 Å². The number of nitrogens with zero attached hydrogens (tertiary/aromatic N) is 2. The van der Waals surface area contributed by atoms with E-state index < -0.39 is 0 Å². The normalized spacial score (nSPS) is 20.7. The van der Waals surface area contributed by atoms with E-state index in [1.807, 2.05) is 29.5 Å². The van der Waals surface area contributed by atoms with Crippen molar-refractivity contribution >= 4 is 34.5 Å². The van der Waals surface area contributed by atoms with Crippen molar-refractivity contribution in [1.29, 1.82) is 0 Å². The number of halogens is 1. The molecule has 2 heterocycles. The van der Waals surface area contributed by atoms with Gasteiger partial charge in [-0.15, -0.1) is 11.3 Å². The molecule has 1 aromatic carbocycles. The van der Waals surface area contributed by atoms with E-state index in [-0.39, 0.29) is 12.1 Å². The summed E-state index contributed by atoms with van der Waals surface area (Å²) in [5.41, 5.74) is 4.32. The van der Waals surface area contributed by atoms with Crippen LogP contribution < -0.4 is 5.32 Å². The Hall–Kier alpha value is -1.59. The molecule has 1 saturated carbocycles. The first-order chi connectivity index (χ1) is 10.6. The van der Waals surface area contributed by atoms with E-state index in [0.717, 1.165) is 22.8 Å². The predicted octanol–water partition coefficient (Wildman–Crippen LogP) is 4.08. The average molecular weight is 334 g/mol. The first kappa shape index (κ1) is 14.0. The smallest absolute Gasteiger partial charge is 0.257 e. The van der Waals surface area contributed by atoms with E-state index in [4.69, 9.17) is 11.6 Å². The van der Waals surface area contributed by atoms with Crippen molar-refractivity contribution in [2.75, 3.05) is 11.9 Å². The quantitative estimate of drug-likeness (QED) is 0.920. The molecule has 1 aliphatic carbocycles. The zero-order valence-electron chi connectivity index (χ0n) is 12.2. The van der Waals surface area contributed by atoms with Crippen LogP contribution in [0.4, 0.5) is 5.69 Å². The molecule has 1 N–H and O–H groups in total. The molecule has 22 heavy (non-hydrogen) atoms. The minimum Gasteiger partial charge on any atom is -0.360 e. The van der Waals surface area contributed by atoms with Gasteiger partial charge in [0.1, 0.15) is 6.17 Å². The van der Waals surface area contributed by atoms with Crippen LogP contribution in [0.15, 0.2) is 23.7 Å². The van der Waals surface area contributed by atoms with E-state index in [9.17, 15) is 4.79 Å². The van der Waals surface area contributed by atoms with Crippen LogP contribution in [0, 0.1) is 12.8 Å². The molecular formula is C16H16ClN3OS. The van der Waals surface area contributed by atoms with Gasteiger partial charge in [-0.2, -0.15) is 0 Å². The number of aromatic nitrogens is 1. The highest BCUT2D eigenvalue weighted by Crippen LogP contribution is 2.40. The Bertz CT molecular complexity index is 741. The van der Waals surface area contributed by atoms with Gasteiger partial charge in [-0.05, 0) is 43.9 Å². The maximum absolute atomic E-state index is 13.0. The van der Waals surface area contributed by atoms with Crippen molar-refractivity contribution in [2.45, 2.75) is 25.9 Å². The molecule has 0 bridgehead atoms. The summed E-state index contributed by atoms with van der Waals surface area (Å²) in [4.78, 5) is 20.3. The summed E-state index contributed by atoms with van der Waals surface area (Å²) in [6.07, 6.45) is 2.29. The second kappa shape index (κ2) is 5.25. The standard InChI is InChI=1S/C16H16ClN3OS/c1-9-14(22-8-18-9)15-19-13-5-4-11(17)6-12(13)16(21)20(15)7-10-2-3-10/h4-6,8,10,15,19H,2-3,7H2,1H3/t15-/m0/s1. The maximum Gasteiger partial charge on any atom is 0.257 e. The molecule has 1 aliphatic heterocycles. The average Bonchev–Trinajstić information content (AvgIpc) is 3.22. The lowest BCUT2D eigenvalue weighted by molar-refractivity contribution is 0.0675. The number of rotatable bonds is 3. The van der Waals surface area contributed by atoms with Gasteiger partial charge >= 0.3 is 0 Å². The minimum atomic E-state index is -0.130. The van der Waals surface area contributed by atoms with Crippen LogP contribution in [-0.4, -0.2) is 22.3 Å². The fourth-order valence-corrected chi connectivity index (χ4v) is 3.90. The SMILES string of the molecule is Cc1ncsc1[C@H]1Nc2ccc(Cl)cc2C(=O)N1CC1CC1. The van der Waals surface area contributed by atoms with Gasteiger partial charge in [-0.1, -0.05) is 11.6 Å². The molecule has 4 rings (SSSR count). The Kier molecular flexibility index (Phi) is 3.35. The van der Waals surface area contributed by atoms with Crippen LogP contribution in [0.1, 0.15) is 39.9 Å². The first-order valence-corrected chi connectivity index (χ1v) is 8.66. The van der Waals surface area contributed by atoms with Gasteiger partial charge in [0.25, 0.3) is 5.91 Å². The van der Waals surface area contributed by atoms with E-state index in [1.165, 1.54) is 12.8 Å². The van der Waals surface area contributed by atoms with Crippen molar-refractivity contribution in [3.8, 4) is 0 Å². The largest absolute Gasteiger partial charge is 0.360 e. The predicted molar refractivity (Wildman–Crippen MR) is 88.4 cm³/mol. The first-order valence-electron chi connectivity index (χ1n) is 7.40. The lowest BCUT2D eigenvalue weighted by Gasteiger charge is -2.37. The van der Waals surface area contributed by atoms with E-state index in [0.29, 0.717) is 16.5 Å². The number of thiazole rings is 1. The van der Waals surface area contributed by atoms with Crippen molar-refractivity contribution < 1.29 is 4.79 Å². The lowest BCUT2D eigenvalue weighted by atomic mass is 10.1. The van der Waals surface area contributed by atoms with E-state index in [2.05, 4.69) is 10.3 Å². The minimum absolute atomic E-state index is 0.0564. The maximum atomic E-state index is 13.0. The summed E-state index contributed by atoms with van der Waals surface area (Å²) in [7, 11) is 0. The van der Waals surface area contributed by atoms with Gasteiger partial charge in [-0.25, -0.2) is 4.98 Å². The fourth-order valence-electron chi connectivity index (χ4n) is 2.86. The van der Waals surface area contributed by atoms with Crippen LogP contribution in [-0.2, 0) is 0 Å².